The Morgan fingerprint density at radius 1 is 1.27 bits per heavy atom. The quantitative estimate of drug-likeness (QED) is 0.715. The predicted octanol–water partition coefficient (Wildman–Crippen LogP) is 3.04. The molecule has 2 atom stereocenters. The van der Waals surface area contributed by atoms with Crippen LogP contribution in [0, 0.1) is 5.82 Å². The molecule has 0 unspecified atom stereocenters. The maximum absolute atomic E-state index is 13.3. The molecule has 8 heteroatoms. The molecule has 0 aliphatic heterocycles. The largest absolute Gasteiger partial charge is 0.353 e. The molecule has 0 spiro atoms. The first-order valence-corrected chi connectivity index (χ1v) is 9.61. The Balaban J connectivity index is 2.28. The van der Waals surface area contributed by atoms with Gasteiger partial charge in [-0.05, 0) is 58.6 Å². The number of nitrogens with one attached hydrogen (secondary N) is 1. The van der Waals surface area contributed by atoms with Crippen LogP contribution in [0.15, 0.2) is 29.4 Å². The Labute approximate surface area is 158 Å². The molecule has 0 aliphatic carbocycles. The highest BCUT2D eigenvalue weighted by atomic mass is 32.2. The van der Waals surface area contributed by atoms with Crippen molar-refractivity contribution in [2.75, 3.05) is 19.8 Å². The lowest BCUT2D eigenvalue weighted by atomic mass is 10.2. The number of halogens is 1. The van der Waals surface area contributed by atoms with Gasteiger partial charge in [-0.1, -0.05) is 18.7 Å². The topological polar surface area (TPSA) is 63.1 Å². The summed E-state index contributed by atoms with van der Waals surface area (Å²) in [4.78, 5) is 14.1. The Morgan fingerprint density at radius 2 is 1.92 bits per heavy atom. The number of amides is 1. The van der Waals surface area contributed by atoms with E-state index in [4.69, 9.17) is 0 Å². The highest BCUT2D eigenvalue weighted by molar-refractivity contribution is 7.99. The Morgan fingerprint density at radius 3 is 2.50 bits per heavy atom. The van der Waals surface area contributed by atoms with Crippen molar-refractivity contribution in [1.82, 2.24) is 25.0 Å². The molecule has 0 saturated heterocycles. The number of nitrogens with zero attached hydrogens (tertiary/aromatic N) is 4. The zero-order valence-electron chi connectivity index (χ0n) is 15.9. The van der Waals surface area contributed by atoms with E-state index in [2.05, 4.69) is 15.5 Å². The van der Waals surface area contributed by atoms with E-state index in [-0.39, 0.29) is 29.6 Å². The van der Waals surface area contributed by atoms with E-state index >= 15 is 0 Å². The molecule has 26 heavy (non-hydrogen) atoms. The summed E-state index contributed by atoms with van der Waals surface area (Å²) in [6, 6.07) is 6.34. The summed E-state index contributed by atoms with van der Waals surface area (Å²) in [5, 5.41) is 12.1. The zero-order chi connectivity index (χ0) is 19.3. The summed E-state index contributed by atoms with van der Waals surface area (Å²) in [6.45, 7) is 6.02. The molecule has 0 fully saturated rings. The summed E-state index contributed by atoms with van der Waals surface area (Å²) in [6.07, 6.45) is 0.882. The fourth-order valence-electron chi connectivity index (χ4n) is 2.26. The van der Waals surface area contributed by atoms with Crippen LogP contribution in [0.25, 0.3) is 5.69 Å². The van der Waals surface area contributed by atoms with Crippen LogP contribution in [-0.2, 0) is 4.79 Å². The molecule has 0 bridgehead atoms. The molecular formula is C18H26FN5OS. The molecule has 1 aromatic carbocycles. The van der Waals surface area contributed by atoms with Crippen molar-refractivity contribution in [3.63, 3.8) is 0 Å². The summed E-state index contributed by atoms with van der Waals surface area (Å²) in [5.41, 5.74) is 0.768. The SMILES string of the molecule is CC[C@H](C)NC(=O)CSc1nnc([C@H](C)N(C)C)n1-c1ccc(F)cc1. The minimum Gasteiger partial charge on any atom is -0.353 e. The van der Waals surface area contributed by atoms with Gasteiger partial charge >= 0.3 is 0 Å². The molecule has 1 aromatic heterocycles. The average Bonchev–Trinajstić information content (AvgIpc) is 3.03. The number of thioether (sulfide) groups is 1. The molecule has 6 nitrogen and oxygen atoms in total. The van der Waals surface area contributed by atoms with Crippen LogP contribution in [0.1, 0.15) is 39.1 Å². The fourth-order valence-corrected chi connectivity index (χ4v) is 3.03. The highest BCUT2D eigenvalue weighted by Crippen LogP contribution is 2.26. The monoisotopic (exact) mass is 379 g/mol. The third-order valence-electron chi connectivity index (χ3n) is 4.24. The summed E-state index contributed by atoms with van der Waals surface area (Å²) in [5.74, 6) is 0.651. The van der Waals surface area contributed by atoms with Gasteiger partial charge in [-0.15, -0.1) is 10.2 Å². The minimum atomic E-state index is -0.300. The lowest BCUT2D eigenvalue weighted by Gasteiger charge is -2.20. The van der Waals surface area contributed by atoms with Crippen molar-refractivity contribution in [3.05, 3.63) is 35.9 Å². The molecule has 0 radical (unpaired) electrons. The second-order valence-electron chi connectivity index (χ2n) is 6.46. The molecule has 1 heterocycles. The molecule has 1 amide bonds. The van der Waals surface area contributed by atoms with Crippen molar-refractivity contribution < 1.29 is 9.18 Å². The van der Waals surface area contributed by atoms with E-state index in [9.17, 15) is 9.18 Å². The van der Waals surface area contributed by atoms with E-state index in [1.165, 1.54) is 23.9 Å². The van der Waals surface area contributed by atoms with Crippen LogP contribution in [-0.4, -0.2) is 51.5 Å². The van der Waals surface area contributed by atoms with E-state index in [0.29, 0.717) is 5.16 Å². The van der Waals surface area contributed by atoms with Crippen LogP contribution in [0.3, 0.4) is 0 Å². The number of rotatable bonds is 8. The number of carbonyl (C=O) groups is 1. The van der Waals surface area contributed by atoms with Gasteiger partial charge in [-0.2, -0.15) is 0 Å². The van der Waals surface area contributed by atoms with Gasteiger partial charge in [-0.25, -0.2) is 4.39 Å². The van der Waals surface area contributed by atoms with Crippen molar-refractivity contribution in [2.45, 2.75) is 44.4 Å². The Bertz CT molecular complexity index is 732. The molecule has 142 valence electrons. The summed E-state index contributed by atoms with van der Waals surface area (Å²) < 4.78 is 15.2. The number of carbonyl (C=O) groups excluding carboxylic acids is 1. The van der Waals surface area contributed by atoms with Gasteiger partial charge in [0.2, 0.25) is 5.91 Å². The summed E-state index contributed by atoms with van der Waals surface area (Å²) in [7, 11) is 3.92. The molecule has 1 N–H and O–H groups in total. The molecule has 2 rings (SSSR count). The van der Waals surface area contributed by atoms with E-state index in [0.717, 1.165) is 17.9 Å². The number of hydrogen-bond donors (Lipinski definition) is 1. The van der Waals surface area contributed by atoms with Gasteiger partial charge in [0.25, 0.3) is 0 Å². The van der Waals surface area contributed by atoms with Crippen LogP contribution in [0.4, 0.5) is 4.39 Å². The van der Waals surface area contributed by atoms with E-state index < -0.39 is 0 Å². The van der Waals surface area contributed by atoms with Gasteiger partial charge in [0.1, 0.15) is 5.82 Å². The summed E-state index contributed by atoms with van der Waals surface area (Å²) >= 11 is 1.32. The van der Waals surface area contributed by atoms with Crippen LogP contribution in [0.2, 0.25) is 0 Å². The smallest absolute Gasteiger partial charge is 0.230 e. The Hall–Kier alpha value is -1.93. The number of aromatic nitrogens is 3. The number of hydrogen-bond acceptors (Lipinski definition) is 5. The normalized spacial score (nSPS) is 13.7. The minimum absolute atomic E-state index is 0.0100. The van der Waals surface area contributed by atoms with Crippen molar-refractivity contribution in [1.29, 1.82) is 0 Å². The number of benzene rings is 1. The molecule has 0 aliphatic rings. The van der Waals surface area contributed by atoms with Crippen LogP contribution >= 0.6 is 11.8 Å². The van der Waals surface area contributed by atoms with Gasteiger partial charge in [0, 0.05) is 11.7 Å². The van der Waals surface area contributed by atoms with Crippen LogP contribution < -0.4 is 5.32 Å². The standard InChI is InChI=1S/C18H26FN5OS/c1-6-12(2)20-16(25)11-26-18-22-21-17(13(3)23(4)5)24(18)15-9-7-14(19)8-10-15/h7-10,12-13H,6,11H2,1-5H3,(H,20,25)/t12-,13-/m0/s1. The van der Waals surface area contributed by atoms with E-state index in [1.54, 1.807) is 12.1 Å². The predicted molar refractivity (Wildman–Crippen MR) is 102 cm³/mol. The second kappa shape index (κ2) is 9.14. The first kappa shape index (κ1) is 20.4. The molecule has 0 saturated carbocycles. The molecular weight excluding hydrogens is 353 g/mol. The highest BCUT2D eigenvalue weighted by Gasteiger charge is 2.21. The third kappa shape index (κ3) is 5.04. The lowest BCUT2D eigenvalue weighted by molar-refractivity contribution is -0.119. The van der Waals surface area contributed by atoms with Gasteiger partial charge in [0.15, 0.2) is 11.0 Å². The fraction of sp³-hybridized carbons (Fsp3) is 0.500. The second-order valence-corrected chi connectivity index (χ2v) is 7.40. The first-order valence-electron chi connectivity index (χ1n) is 8.63. The van der Waals surface area contributed by atoms with Crippen molar-refractivity contribution >= 4 is 17.7 Å². The Kier molecular flexibility index (Phi) is 7.16. The van der Waals surface area contributed by atoms with Crippen molar-refractivity contribution in [2.24, 2.45) is 0 Å². The lowest BCUT2D eigenvalue weighted by Crippen LogP contribution is -2.33. The maximum Gasteiger partial charge on any atom is 0.230 e. The third-order valence-corrected chi connectivity index (χ3v) is 5.17. The van der Waals surface area contributed by atoms with Gasteiger partial charge in [0.05, 0.1) is 11.8 Å². The van der Waals surface area contributed by atoms with E-state index in [1.807, 2.05) is 44.3 Å². The van der Waals surface area contributed by atoms with Crippen LogP contribution in [0.5, 0.6) is 0 Å². The maximum atomic E-state index is 13.3. The zero-order valence-corrected chi connectivity index (χ0v) is 16.7. The van der Waals surface area contributed by atoms with Crippen molar-refractivity contribution in [3.8, 4) is 5.69 Å². The van der Waals surface area contributed by atoms with Gasteiger partial charge in [-0.3, -0.25) is 14.3 Å². The van der Waals surface area contributed by atoms with Gasteiger partial charge < -0.3 is 5.32 Å². The first-order chi connectivity index (χ1) is 12.3. The molecule has 2 aromatic rings. The average molecular weight is 380 g/mol.